The van der Waals surface area contributed by atoms with Crippen LogP contribution in [0.1, 0.15) is 18.4 Å². The number of nitrogens with zero attached hydrogens (tertiary/aromatic N) is 6. The lowest BCUT2D eigenvalue weighted by Gasteiger charge is -2.30. The highest BCUT2D eigenvalue weighted by Crippen LogP contribution is 2.33. The van der Waals surface area contributed by atoms with Crippen molar-refractivity contribution in [2.45, 2.75) is 25.4 Å². The number of amides is 1. The number of hydrogen-bond acceptors (Lipinski definition) is 5. The molecule has 0 saturated carbocycles. The number of hydrogen-bond donors (Lipinski definition) is 1. The molecule has 0 bridgehead atoms. The van der Waals surface area contributed by atoms with E-state index in [0.717, 1.165) is 34.9 Å². The number of nitriles is 1. The number of benzene rings is 2. The van der Waals surface area contributed by atoms with Gasteiger partial charge in [-0.15, -0.1) is 0 Å². The van der Waals surface area contributed by atoms with Crippen LogP contribution in [0.3, 0.4) is 0 Å². The fraction of sp³-hybridized carbons (Fsp3) is 0.280. The van der Waals surface area contributed by atoms with E-state index >= 15 is 0 Å². The molecular formula is C25H24FN7O. The SMILES string of the molecule is Cn1ncc2cc(-c3cn(CC(=O)N4CCC[C@@H](N)C4)nc3-c3ccc(C#N)c(F)c3)ccc21. The number of halogens is 1. The monoisotopic (exact) mass is 457 g/mol. The molecule has 1 saturated heterocycles. The van der Waals surface area contributed by atoms with Gasteiger partial charge in [-0.2, -0.15) is 15.5 Å². The molecule has 0 aliphatic carbocycles. The maximum absolute atomic E-state index is 14.4. The molecule has 2 N–H and O–H groups in total. The molecule has 34 heavy (non-hydrogen) atoms. The van der Waals surface area contributed by atoms with Gasteiger partial charge in [0, 0.05) is 48.9 Å². The van der Waals surface area contributed by atoms with Crippen molar-refractivity contribution in [3.8, 4) is 28.5 Å². The molecule has 5 rings (SSSR count). The molecule has 9 heteroatoms. The Morgan fingerprint density at radius 2 is 2.09 bits per heavy atom. The summed E-state index contributed by atoms with van der Waals surface area (Å²) in [5.41, 5.74) is 9.70. The number of carbonyl (C=O) groups excluding carboxylic acids is 1. The van der Waals surface area contributed by atoms with Gasteiger partial charge in [0.05, 0.1) is 17.3 Å². The zero-order valence-electron chi connectivity index (χ0n) is 18.8. The Kier molecular flexibility index (Phi) is 5.59. The average molecular weight is 458 g/mol. The Hall–Kier alpha value is -4.03. The molecule has 1 aliphatic rings. The highest BCUT2D eigenvalue weighted by Gasteiger charge is 2.23. The van der Waals surface area contributed by atoms with E-state index in [0.29, 0.717) is 24.3 Å². The molecule has 0 radical (unpaired) electrons. The summed E-state index contributed by atoms with van der Waals surface area (Å²) in [5.74, 6) is -0.661. The van der Waals surface area contributed by atoms with E-state index < -0.39 is 5.82 Å². The molecule has 1 fully saturated rings. The van der Waals surface area contributed by atoms with E-state index in [1.807, 2.05) is 37.5 Å². The molecule has 4 aromatic rings. The van der Waals surface area contributed by atoms with Crippen LogP contribution in [0.25, 0.3) is 33.3 Å². The quantitative estimate of drug-likeness (QED) is 0.507. The first-order valence-electron chi connectivity index (χ1n) is 11.2. The zero-order valence-corrected chi connectivity index (χ0v) is 18.8. The molecule has 3 heterocycles. The van der Waals surface area contributed by atoms with Crippen LogP contribution < -0.4 is 5.73 Å². The molecular weight excluding hydrogens is 433 g/mol. The summed E-state index contributed by atoms with van der Waals surface area (Å²) in [6, 6.07) is 12.2. The highest BCUT2D eigenvalue weighted by atomic mass is 19.1. The van der Waals surface area contributed by atoms with Crippen LogP contribution >= 0.6 is 0 Å². The van der Waals surface area contributed by atoms with Crippen LogP contribution in [0, 0.1) is 17.1 Å². The molecule has 2 aromatic carbocycles. The second kappa shape index (κ2) is 8.72. The van der Waals surface area contributed by atoms with Gasteiger partial charge < -0.3 is 10.6 Å². The van der Waals surface area contributed by atoms with Crippen molar-refractivity contribution in [1.29, 1.82) is 5.26 Å². The first-order valence-corrected chi connectivity index (χ1v) is 11.2. The summed E-state index contributed by atoms with van der Waals surface area (Å²) in [5, 5.41) is 19.0. The summed E-state index contributed by atoms with van der Waals surface area (Å²) in [6.07, 6.45) is 5.40. The predicted octanol–water partition coefficient (Wildman–Crippen LogP) is 3.06. The van der Waals surface area contributed by atoms with E-state index in [4.69, 9.17) is 11.0 Å². The van der Waals surface area contributed by atoms with Gasteiger partial charge in [-0.25, -0.2) is 4.39 Å². The normalized spacial score (nSPS) is 16.1. The van der Waals surface area contributed by atoms with Crippen molar-refractivity contribution < 1.29 is 9.18 Å². The van der Waals surface area contributed by atoms with Gasteiger partial charge in [-0.05, 0) is 42.7 Å². The van der Waals surface area contributed by atoms with Gasteiger partial charge in [-0.1, -0.05) is 12.1 Å². The highest BCUT2D eigenvalue weighted by molar-refractivity contribution is 5.88. The topological polar surface area (TPSA) is 106 Å². The Labute approximate surface area is 196 Å². The molecule has 0 spiro atoms. The average Bonchev–Trinajstić information content (AvgIpc) is 3.42. The first-order chi connectivity index (χ1) is 16.4. The smallest absolute Gasteiger partial charge is 0.244 e. The number of likely N-dealkylation sites (tertiary alicyclic amines) is 1. The lowest BCUT2D eigenvalue weighted by atomic mass is 10.00. The number of nitrogens with two attached hydrogens (primary N) is 1. The second-order valence-corrected chi connectivity index (χ2v) is 8.68. The van der Waals surface area contributed by atoms with Gasteiger partial charge in [0.25, 0.3) is 0 Å². The van der Waals surface area contributed by atoms with E-state index in [1.54, 1.807) is 26.5 Å². The van der Waals surface area contributed by atoms with Crippen molar-refractivity contribution in [3.63, 3.8) is 0 Å². The van der Waals surface area contributed by atoms with E-state index in [-0.39, 0.29) is 24.1 Å². The number of fused-ring (bicyclic) bond motifs is 1. The summed E-state index contributed by atoms with van der Waals surface area (Å²) in [6.45, 7) is 1.29. The molecule has 1 aliphatic heterocycles. The van der Waals surface area contributed by atoms with Gasteiger partial charge in [0.15, 0.2) is 0 Å². The first kappa shape index (κ1) is 21.8. The largest absolute Gasteiger partial charge is 0.340 e. The fourth-order valence-corrected chi connectivity index (χ4v) is 4.49. The van der Waals surface area contributed by atoms with Gasteiger partial charge in [-0.3, -0.25) is 14.2 Å². The Bertz CT molecular complexity index is 1430. The number of aryl methyl sites for hydroxylation is 1. The van der Waals surface area contributed by atoms with Gasteiger partial charge in [0.2, 0.25) is 5.91 Å². The van der Waals surface area contributed by atoms with Crippen molar-refractivity contribution in [1.82, 2.24) is 24.5 Å². The fourth-order valence-electron chi connectivity index (χ4n) is 4.49. The molecule has 172 valence electrons. The molecule has 8 nitrogen and oxygen atoms in total. The third kappa shape index (κ3) is 4.04. The maximum atomic E-state index is 14.4. The summed E-state index contributed by atoms with van der Waals surface area (Å²) in [7, 11) is 1.88. The van der Waals surface area contributed by atoms with Crippen molar-refractivity contribution in [3.05, 3.63) is 60.2 Å². The maximum Gasteiger partial charge on any atom is 0.244 e. The lowest BCUT2D eigenvalue weighted by Crippen LogP contribution is -2.46. The third-order valence-electron chi connectivity index (χ3n) is 6.29. The molecule has 1 amide bonds. The Balaban J connectivity index is 1.55. The van der Waals surface area contributed by atoms with Crippen molar-refractivity contribution >= 4 is 16.8 Å². The minimum atomic E-state index is -0.610. The minimum absolute atomic E-state index is 0.00530. The molecule has 1 atom stereocenters. The number of carbonyl (C=O) groups is 1. The van der Waals surface area contributed by atoms with Crippen molar-refractivity contribution in [2.75, 3.05) is 13.1 Å². The number of rotatable bonds is 4. The standard InChI is InChI=1S/C25H24FN7O/c1-31-23-7-6-16(9-19(23)12-29-31)21-14-33(15-24(34)32-8-2-3-20(28)13-32)30-25(21)17-4-5-18(11-27)22(26)10-17/h4-7,9-10,12,14,20H,2-3,8,13,15,28H2,1H3/t20-/m1/s1. The predicted molar refractivity (Wildman–Crippen MR) is 126 cm³/mol. The van der Waals surface area contributed by atoms with Crippen LogP contribution in [0.4, 0.5) is 4.39 Å². The second-order valence-electron chi connectivity index (χ2n) is 8.68. The Morgan fingerprint density at radius 3 is 2.85 bits per heavy atom. The minimum Gasteiger partial charge on any atom is -0.340 e. The van der Waals surface area contributed by atoms with Crippen LogP contribution in [0.15, 0.2) is 48.8 Å². The van der Waals surface area contributed by atoms with Crippen LogP contribution in [-0.2, 0) is 18.4 Å². The summed E-state index contributed by atoms with van der Waals surface area (Å²) < 4.78 is 17.8. The van der Waals surface area contributed by atoms with Crippen LogP contribution in [-0.4, -0.2) is 49.5 Å². The summed E-state index contributed by atoms with van der Waals surface area (Å²) in [4.78, 5) is 14.7. The van der Waals surface area contributed by atoms with Crippen molar-refractivity contribution in [2.24, 2.45) is 12.8 Å². The van der Waals surface area contributed by atoms with Gasteiger partial charge >= 0.3 is 0 Å². The summed E-state index contributed by atoms with van der Waals surface area (Å²) >= 11 is 0. The van der Waals surface area contributed by atoms with E-state index in [2.05, 4.69) is 10.2 Å². The van der Waals surface area contributed by atoms with Crippen LogP contribution in [0.2, 0.25) is 0 Å². The zero-order chi connectivity index (χ0) is 23.8. The number of piperidine rings is 1. The van der Waals surface area contributed by atoms with Crippen LogP contribution in [0.5, 0.6) is 0 Å². The number of aromatic nitrogens is 4. The Morgan fingerprint density at radius 1 is 1.26 bits per heavy atom. The molecule has 2 aromatic heterocycles. The molecule has 0 unspecified atom stereocenters. The third-order valence-corrected chi connectivity index (χ3v) is 6.29. The van der Waals surface area contributed by atoms with E-state index in [9.17, 15) is 9.18 Å². The lowest BCUT2D eigenvalue weighted by molar-refractivity contribution is -0.133. The van der Waals surface area contributed by atoms with E-state index in [1.165, 1.54) is 12.1 Å². The van der Waals surface area contributed by atoms with Gasteiger partial charge in [0.1, 0.15) is 24.1 Å².